The number of aromatic nitrogens is 1. The van der Waals surface area contributed by atoms with Crippen LogP contribution < -0.4 is 5.73 Å². The number of furan rings is 1. The molecule has 6 heteroatoms. The van der Waals surface area contributed by atoms with Gasteiger partial charge in [0, 0.05) is 30.1 Å². The molecule has 0 aliphatic carbocycles. The third-order valence-electron chi connectivity index (χ3n) is 4.22. The maximum Gasteiger partial charge on any atom is 0.228 e. The molecule has 0 bridgehead atoms. The minimum atomic E-state index is 0.131. The Morgan fingerprint density at radius 2 is 2.45 bits per heavy atom. The minimum Gasteiger partial charge on any atom is -0.472 e. The zero-order valence-electron chi connectivity index (χ0n) is 12.7. The first-order valence-corrected chi connectivity index (χ1v) is 8.52. The van der Waals surface area contributed by atoms with E-state index in [0.717, 1.165) is 35.7 Å². The topological polar surface area (TPSA) is 72.4 Å². The third kappa shape index (κ3) is 3.23. The smallest absolute Gasteiger partial charge is 0.228 e. The van der Waals surface area contributed by atoms with Crippen LogP contribution in [0.5, 0.6) is 0 Å². The summed E-state index contributed by atoms with van der Waals surface area (Å²) in [5.74, 6) is 0.774. The fourth-order valence-electron chi connectivity index (χ4n) is 2.97. The number of likely N-dealkylation sites (tertiary alicyclic amines) is 1. The first kappa shape index (κ1) is 15.2. The summed E-state index contributed by atoms with van der Waals surface area (Å²) < 4.78 is 5.07. The van der Waals surface area contributed by atoms with Gasteiger partial charge in [-0.3, -0.25) is 4.79 Å². The average Bonchev–Trinajstić information content (AvgIpc) is 3.17. The predicted octanol–water partition coefficient (Wildman–Crippen LogP) is 2.53. The highest BCUT2D eigenvalue weighted by Crippen LogP contribution is 2.26. The van der Waals surface area contributed by atoms with Crippen LogP contribution in [0.1, 0.15) is 25.5 Å². The molecule has 118 valence electrons. The Morgan fingerprint density at radius 1 is 1.59 bits per heavy atom. The lowest BCUT2D eigenvalue weighted by molar-refractivity contribution is -0.134. The van der Waals surface area contributed by atoms with E-state index in [1.54, 1.807) is 12.5 Å². The molecule has 0 aromatic carbocycles. The van der Waals surface area contributed by atoms with Crippen molar-refractivity contribution in [1.29, 1.82) is 0 Å². The molecule has 0 spiro atoms. The van der Waals surface area contributed by atoms with Crippen LogP contribution in [-0.2, 0) is 11.2 Å². The molecule has 0 radical (unpaired) electrons. The average molecular weight is 319 g/mol. The summed E-state index contributed by atoms with van der Waals surface area (Å²) in [5.41, 5.74) is 7.61. The quantitative estimate of drug-likeness (QED) is 0.940. The summed E-state index contributed by atoms with van der Waals surface area (Å²) in [6.07, 6.45) is 5.70. The number of carbonyl (C=O) groups excluding carboxylic acids is 1. The lowest BCUT2D eigenvalue weighted by Gasteiger charge is -2.38. The lowest BCUT2D eigenvalue weighted by atomic mass is 9.92. The van der Waals surface area contributed by atoms with E-state index in [0.29, 0.717) is 18.9 Å². The number of hydrogen-bond acceptors (Lipinski definition) is 5. The molecule has 2 aromatic heterocycles. The van der Waals surface area contributed by atoms with Gasteiger partial charge in [-0.2, -0.15) is 0 Å². The van der Waals surface area contributed by atoms with Crippen molar-refractivity contribution < 1.29 is 9.21 Å². The van der Waals surface area contributed by atoms with Crippen molar-refractivity contribution in [3.8, 4) is 10.6 Å². The maximum atomic E-state index is 12.6. The van der Waals surface area contributed by atoms with Crippen LogP contribution in [0.4, 0.5) is 0 Å². The van der Waals surface area contributed by atoms with Gasteiger partial charge in [-0.15, -0.1) is 11.3 Å². The van der Waals surface area contributed by atoms with E-state index in [1.807, 2.05) is 16.3 Å². The number of nitrogens with two attached hydrogens (primary N) is 1. The Bertz CT molecular complexity index is 623. The Hall–Kier alpha value is -1.66. The first-order chi connectivity index (χ1) is 10.7. The van der Waals surface area contributed by atoms with Crippen LogP contribution >= 0.6 is 11.3 Å². The lowest BCUT2D eigenvalue weighted by Crippen LogP contribution is -2.49. The van der Waals surface area contributed by atoms with Crippen molar-refractivity contribution in [1.82, 2.24) is 9.88 Å². The summed E-state index contributed by atoms with van der Waals surface area (Å²) in [6.45, 7) is 3.57. The third-order valence-corrected chi connectivity index (χ3v) is 5.16. The summed E-state index contributed by atoms with van der Waals surface area (Å²) in [4.78, 5) is 19.0. The van der Waals surface area contributed by atoms with Gasteiger partial charge in [-0.25, -0.2) is 4.98 Å². The number of hydrogen-bond donors (Lipinski definition) is 1. The van der Waals surface area contributed by atoms with Gasteiger partial charge in [0.2, 0.25) is 5.91 Å². The molecule has 0 saturated carbocycles. The molecule has 1 saturated heterocycles. The maximum absolute atomic E-state index is 12.6. The highest BCUT2D eigenvalue weighted by Gasteiger charge is 2.29. The first-order valence-electron chi connectivity index (χ1n) is 7.64. The standard InChI is InChI=1S/C16H21N3O2S/c1-11-2-4-19(14(6-11)8-17)15(20)7-13-10-22-16(18-13)12-3-5-21-9-12/h3,5,9-11,14H,2,4,6-8,17H2,1H3. The summed E-state index contributed by atoms with van der Waals surface area (Å²) in [6, 6.07) is 2.05. The number of rotatable bonds is 4. The molecule has 3 rings (SSSR count). The molecule has 2 atom stereocenters. The van der Waals surface area contributed by atoms with Crippen LogP contribution in [-0.4, -0.2) is 34.9 Å². The van der Waals surface area contributed by atoms with E-state index < -0.39 is 0 Å². The Labute approximate surface area is 134 Å². The minimum absolute atomic E-state index is 0.131. The van der Waals surface area contributed by atoms with Crippen LogP contribution in [0.15, 0.2) is 28.4 Å². The molecule has 22 heavy (non-hydrogen) atoms. The highest BCUT2D eigenvalue weighted by molar-refractivity contribution is 7.13. The Balaban J connectivity index is 1.66. The van der Waals surface area contributed by atoms with Crippen molar-refractivity contribution in [2.45, 2.75) is 32.2 Å². The zero-order chi connectivity index (χ0) is 15.5. The van der Waals surface area contributed by atoms with Crippen LogP contribution in [0, 0.1) is 5.92 Å². The second-order valence-electron chi connectivity index (χ2n) is 5.94. The largest absolute Gasteiger partial charge is 0.472 e. The fourth-order valence-corrected chi connectivity index (χ4v) is 3.77. The molecule has 2 N–H and O–H groups in total. The summed E-state index contributed by atoms with van der Waals surface area (Å²) in [5, 5.41) is 2.84. The second kappa shape index (κ2) is 6.62. The van der Waals surface area contributed by atoms with Gasteiger partial charge in [0.1, 0.15) is 11.3 Å². The van der Waals surface area contributed by atoms with E-state index in [1.165, 1.54) is 11.3 Å². The summed E-state index contributed by atoms with van der Waals surface area (Å²) in [7, 11) is 0. The molecule has 2 unspecified atom stereocenters. The number of carbonyl (C=O) groups is 1. The number of piperidine rings is 1. The van der Waals surface area contributed by atoms with E-state index in [4.69, 9.17) is 10.2 Å². The van der Waals surface area contributed by atoms with Crippen molar-refractivity contribution in [2.75, 3.05) is 13.1 Å². The van der Waals surface area contributed by atoms with Gasteiger partial charge in [0.25, 0.3) is 0 Å². The van der Waals surface area contributed by atoms with Gasteiger partial charge in [-0.05, 0) is 24.8 Å². The normalized spacial score (nSPS) is 22.0. The second-order valence-corrected chi connectivity index (χ2v) is 6.80. The van der Waals surface area contributed by atoms with E-state index in [9.17, 15) is 4.79 Å². The summed E-state index contributed by atoms with van der Waals surface area (Å²) >= 11 is 1.54. The number of amides is 1. The Kier molecular flexibility index (Phi) is 4.59. The van der Waals surface area contributed by atoms with Crippen LogP contribution in [0.2, 0.25) is 0 Å². The SMILES string of the molecule is CC1CCN(C(=O)Cc2csc(-c3ccoc3)n2)C(CN)C1. The van der Waals surface area contributed by atoms with Gasteiger partial charge >= 0.3 is 0 Å². The highest BCUT2D eigenvalue weighted by atomic mass is 32.1. The molecule has 1 fully saturated rings. The molecular weight excluding hydrogens is 298 g/mol. The van der Waals surface area contributed by atoms with E-state index >= 15 is 0 Å². The Morgan fingerprint density at radius 3 is 3.18 bits per heavy atom. The van der Waals surface area contributed by atoms with Crippen molar-refractivity contribution in [3.05, 3.63) is 29.7 Å². The van der Waals surface area contributed by atoms with E-state index in [2.05, 4.69) is 11.9 Å². The monoisotopic (exact) mass is 319 g/mol. The van der Waals surface area contributed by atoms with Gasteiger partial charge in [-0.1, -0.05) is 6.92 Å². The van der Waals surface area contributed by atoms with Crippen molar-refractivity contribution in [3.63, 3.8) is 0 Å². The van der Waals surface area contributed by atoms with Gasteiger partial charge < -0.3 is 15.1 Å². The van der Waals surface area contributed by atoms with Crippen molar-refractivity contribution >= 4 is 17.2 Å². The molecule has 1 aliphatic heterocycles. The predicted molar refractivity (Wildman–Crippen MR) is 86.5 cm³/mol. The molecule has 1 aliphatic rings. The van der Waals surface area contributed by atoms with Gasteiger partial charge in [0.05, 0.1) is 18.4 Å². The molecule has 3 heterocycles. The van der Waals surface area contributed by atoms with Crippen LogP contribution in [0.25, 0.3) is 10.6 Å². The number of thiazole rings is 1. The fraction of sp³-hybridized carbons (Fsp3) is 0.500. The van der Waals surface area contributed by atoms with E-state index in [-0.39, 0.29) is 11.9 Å². The molecule has 2 aromatic rings. The van der Waals surface area contributed by atoms with Gasteiger partial charge in [0.15, 0.2) is 0 Å². The van der Waals surface area contributed by atoms with Crippen LogP contribution in [0.3, 0.4) is 0 Å². The van der Waals surface area contributed by atoms with Crippen molar-refractivity contribution in [2.24, 2.45) is 11.7 Å². The molecule has 5 nitrogen and oxygen atoms in total. The number of nitrogens with zero attached hydrogens (tertiary/aromatic N) is 2. The zero-order valence-corrected chi connectivity index (χ0v) is 13.5. The molecule has 1 amide bonds. The molecular formula is C16H21N3O2S.